The summed E-state index contributed by atoms with van der Waals surface area (Å²) in [4.78, 5) is 9.97. The largest absolute Gasteiger partial charge is 0.333 e. The van der Waals surface area contributed by atoms with Crippen LogP contribution in [0.5, 0.6) is 0 Å². The Hall–Kier alpha value is -0.160. The minimum atomic E-state index is -0.221. The van der Waals surface area contributed by atoms with Crippen molar-refractivity contribution in [1.29, 1.82) is 0 Å². The molecule has 4 nitrogen and oxygen atoms in total. The third kappa shape index (κ3) is 77.7. The average Bonchev–Trinajstić information content (AvgIpc) is 2.24. The highest BCUT2D eigenvalue weighted by atomic mass is 35.5. The minimum absolute atomic E-state index is 0.221. The molecule has 5 heteroatoms. The van der Waals surface area contributed by atoms with E-state index in [1.807, 2.05) is 6.92 Å². The monoisotopic (exact) mass is 213 g/mol. The maximum Gasteiger partial charge on any atom is 0.221 e. The van der Waals surface area contributed by atoms with Gasteiger partial charge in [-0.1, -0.05) is 13.3 Å². The highest BCUT2D eigenvalue weighted by molar-refractivity contribution is 6.63. The summed E-state index contributed by atoms with van der Waals surface area (Å²) >= 11 is 5.02. The minimum Gasteiger partial charge on any atom is -0.333 e. The van der Waals surface area contributed by atoms with Crippen LogP contribution in [0.15, 0.2) is 0 Å². The van der Waals surface area contributed by atoms with Gasteiger partial charge >= 0.3 is 0 Å². The Balaban J connectivity index is -0.0000000573. The van der Waals surface area contributed by atoms with Gasteiger partial charge in [0.25, 0.3) is 0 Å². The summed E-state index contributed by atoms with van der Waals surface area (Å²) in [5, 5.41) is -0.221. The van der Waals surface area contributed by atoms with E-state index in [-0.39, 0.29) is 5.24 Å². The number of carbonyl (C=O) groups excluding carboxylic acids is 1. The predicted octanol–water partition coefficient (Wildman–Crippen LogP) is 0.667. The van der Waals surface area contributed by atoms with Crippen LogP contribution in [-0.2, 0) is 4.79 Å². The zero-order valence-electron chi connectivity index (χ0n) is 9.14. The molecule has 0 saturated carbocycles. The molecule has 0 atom stereocenters. The summed E-state index contributed by atoms with van der Waals surface area (Å²) in [5.41, 5.74) is 13.5. The summed E-state index contributed by atoms with van der Waals surface area (Å²) in [5.74, 6) is 0. The van der Waals surface area contributed by atoms with Crippen molar-refractivity contribution in [2.45, 2.75) is 26.2 Å². The van der Waals surface area contributed by atoms with Gasteiger partial charge in [0.05, 0.1) is 0 Å². The third-order valence-electron chi connectivity index (χ3n) is 0.727. The van der Waals surface area contributed by atoms with Crippen molar-refractivity contribution >= 4 is 16.8 Å². The van der Waals surface area contributed by atoms with E-state index in [4.69, 9.17) is 11.6 Å². The summed E-state index contributed by atoms with van der Waals surface area (Å²) in [6, 6.07) is 0. The summed E-state index contributed by atoms with van der Waals surface area (Å²) in [6.45, 7) is 2.03. The van der Waals surface area contributed by atoms with Gasteiger partial charge in [-0.25, -0.2) is 0 Å². The molecule has 0 aliphatic rings. The smallest absolute Gasteiger partial charge is 0.221 e. The molecule has 0 aromatic carbocycles. The zero-order chi connectivity index (χ0) is 11.7. The van der Waals surface area contributed by atoms with Gasteiger partial charge in [-0.05, 0) is 39.2 Å². The van der Waals surface area contributed by atoms with Gasteiger partial charge < -0.3 is 17.2 Å². The lowest BCUT2D eigenvalue weighted by Crippen LogP contribution is -1.82. The van der Waals surface area contributed by atoms with Gasteiger partial charge in [-0.2, -0.15) is 0 Å². The molecule has 13 heavy (non-hydrogen) atoms. The van der Waals surface area contributed by atoms with E-state index in [0.717, 1.165) is 12.8 Å². The normalized spacial score (nSPS) is 6.15. The predicted molar refractivity (Wildman–Crippen MR) is 60.7 cm³/mol. The van der Waals surface area contributed by atoms with Gasteiger partial charge in [0.2, 0.25) is 5.24 Å². The van der Waals surface area contributed by atoms with Crippen molar-refractivity contribution in [3.8, 4) is 0 Å². The zero-order valence-corrected chi connectivity index (χ0v) is 9.90. The summed E-state index contributed by atoms with van der Waals surface area (Å²) < 4.78 is 0. The molecule has 0 bridgehead atoms. The number of unbranched alkanes of at least 4 members (excludes halogenated alkanes) is 1. The van der Waals surface area contributed by atoms with Crippen LogP contribution >= 0.6 is 11.6 Å². The number of hydrogen-bond donors (Lipinski definition) is 3. The summed E-state index contributed by atoms with van der Waals surface area (Å²) in [7, 11) is 4.50. The Labute approximate surface area is 86.8 Å². The molecule has 84 valence electrons. The molecule has 0 radical (unpaired) electrons. The molecule has 0 spiro atoms. The van der Waals surface area contributed by atoms with E-state index in [9.17, 15) is 4.79 Å². The number of nitrogens with two attached hydrogens (primary N) is 3. The molecule has 0 aliphatic carbocycles. The van der Waals surface area contributed by atoms with Crippen molar-refractivity contribution in [2.24, 2.45) is 17.2 Å². The highest BCUT2D eigenvalue weighted by Gasteiger charge is 1.90. The van der Waals surface area contributed by atoms with Crippen molar-refractivity contribution in [3.63, 3.8) is 0 Å². The van der Waals surface area contributed by atoms with Crippen LogP contribution in [0.3, 0.4) is 0 Å². The van der Waals surface area contributed by atoms with Crippen molar-refractivity contribution in [3.05, 3.63) is 0 Å². The number of hydrogen-bond acceptors (Lipinski definition) is 4. The first-order valence-corrected chi connectivity index (χ1v) is 4.56. The maximum atomic E-state index is 9.97. The van der Waals surface area contributed by atoms with Crippen molar-refractivity contribution in [1.82, 2.24) is 0 Å². The first-order chi connectivity index (χ1) is 6.27. The van der Waals surface area contributed by atoms with E-state index in [1.165, 1.54) is 21.1 Å². The van der Waals surface area contributed by atoms with E-state index in [1.54, 1.807) is 0 Å². The van der Waals surface area contributed by atoms with Gasteiger partial charge in [-0.15, -0.1) is 0 Å². The lowest BCUT2D eigenvalue weighted by molar-refractivity contribution is -0.111. The lowest BCUT2D eigenvalue weighted by Gasteiger charge is -1.84. The molecule has 0 saturated heterocycles. The Kier molecular flexibility index (Phi) is 72.3. The van der Waals surface area contributed by atoms with Crippen LogP contribution in [0.2, 0.25) is 0 Å². The number of halogens is 1. The van der Waals surface area contributed by atoms with Crippen molar-refractivity contribution in [2.75, 3.05) is 21.1 Å². The molecule has 0 rings (SSSR count). The second-order valence-corrected chi connectivity index (χ2v) is 1.88. The first kappa shape index (κ1) is 23.0. The molecular formula is C8H24ClN3O. The van der Waals surface area contributed by atoms with E-state index >= 15 is 0 Å². The van der Waals surface area contributed by atoms with Crippen LogP contribution in [-0.4, -0.2) is 26.4 Å². The molecule has 0 fully saturated rings. The fourth-order valence-corrected chi connectivity index (χ4v) is 0.449. The van der Waals surface area contributed by atoms with Crippen LogP contribution in [0.4, 0.5) is 0 Å². The van der Waals surface area contributed by atoms with Gasteiger partial charge in [0, 0.05) is 6.42 Å². The molecule has 0 heterocycles. The van der Waals surface area contributed by atoms with Gasteiger partial charge in [0.1, 0.15) is 0 Å². The second kappa shape index (κ2) is 40.8. The Morgan fingerprint density at radius 3 is 1.46 bits per heavy atom. The Morgan fingerprint density at radius 1 is 1.08 bits per heavy atom. The fraction of sp³-hybridized carbons (Fsp3) is 0.875. The first-order valence-electron chi connectivity index (χ1n) is 4.19. The molecule has 0 amide bonds. The second-order valence-electron chi connectivity index (χ2n) is 1.46. The number of carbonyl (C=O) groups is 1. The van der Waals surface area contributed by atoms with E-state index in [0.29, 0.717) is 6.42 Å². The number of rotatable bonds is 3. The fourth-order valence-electron chi connectivity index (χ4n) is 0.316. The summed E-state index contributed by atoms with van der Waals surface area (Å²) in [6.07, 6.45) is 2.48. The van der Waals surface area contributed by atoms with E-state index in [2.05, 4.69) is 17.2 Å². The molecular weight excluding hydrogens is 190 g/mol. The maximum absolute atomic E-state index is 9.97. The molecule has 0 aromatic heterocycles. The van der Waals surface area contributed by atoms with Crippen LogP contribution in [0.1, 0.15) is 26.2 Å². The third-order valence-corrected chi connectivity index (χ3v) is 0.916. The Morgan fingerprint density at radius 2 is 1.38 bits per heavy atom. The van der Waals surface area contributed by atoms with Crippen LogP contribution in [0, 0.1) is 0 Å². The average molecular weight is 214 g/mol. The molecule has 6 N–H and O–H groups in total. The topological polar surface area (TPSA) is 95.1 Å². The molecule has 0 aliphatic heterocycles. The molecule has 0 unspecified atom stereocenters. The quantitative estimate of drug-likeness (QED) is 0.601. The SMILES string of the molecule is CCCCC(=O)Cl.CN.CN.CN. The van der Waals surface area contributed by atoms with Crippen LogP contribution in [0.25, 0.3) is 0 Å². The lowest BCUT2D eigenvalue weighted by atomic mass is 10.3. The van der Waals surface area contributed by atoms with E-state index < -0.39 is 0 Å². The standard InChI is InChI=1S/C5H9ClO.3CH5N/c1-2-3-4-5(6)7;3*1-2/h2-4H2,1H3;3*2H2,1H3. The highest BCUT2D eigenvalue weighted by Crippen LogP contribution is 1.96. The van der Waals surface area contributed by atoms with Crippen molar-refractivity contribution < 1.29 is 4.79 Å². The molecule has 0 aromatic rings. The van der Waals surface area contributed by atoms with Gasteiger partial charge in [0.15, 0.2) is 0 Å². The van der Waals surface area contributed by atoms with Gasteiger partial charge in [-0.3, -0.25) is 4.79 Å². The van der Waals surface area contributed by atoms with Crippen LogP contribution < -0.4 is 17.2 Å². The Bertz CT molecular complexity index is 72.4.